The molecule has 2 aliphatic heterocycles. The lowest BCUT2D eigenvalue weighted by atomic mass is 10.2. The van der Waals surface area contributed by atoms with Gasteiger partial charge in [0.2, 0.25) is 16.8 Å². The van der Waals surface area contributed by atoms with Crippen LogP contribution in [-0.4, -0.2) is 57.9 Å². The van der Waals surface area contributed by atoms with E-state index in [1.807, 2.05) is 18.2 Å². The number of ether oxygens (including phenoxy) is 2. The highest BCUT2D eigenvalue weighted by molar-refractivity contribution is 7.89. The second kappa shape index (κ2) is 7.27. The fraction of sp³-hybridized carbons (Fsp3) is 0.533. The Morgan fingerprint density at radius 1 is 1.29 bits per heavy atom. The molecule has 0 aromatic heterocycles. The van der Waals surface area contributed by atoms with E-state index in [1.165, 1.54) is 4.31 Å². The zero-order valence-corrected chi connectivity index (χ0v) is 14.4. The van der Waals surface area contributed by atoms with Gasteiger partial charge in [-0.15, -0.1) is 0 Å². The Balaban J connectivity index is 1.45. The van der Waals surface area contributed by atoms with Crippen LogP contribution >= 0.6 is 0 Å². The van der Waals surface area contributed by atoms with Gasteiger partial charge < -0.3 is 20.1 Å². The summed E-state index contributed by atoms with van der Waals surface area (Å²) in [5, 5.41) is 6.33. The fourth-order valence-electron chi connectivity index (χ4n) is 2.70. The zero-order chi connectivity index (χ0) is 17.0. The average Bonchev–Trinajstić information content (AvgIpc) is 3.16. The first-order valence-electron chi connectivity index (χ1n) is 7.89. The largest absolute Gasteiger partial charge is 0.454 e. The van der Waals surface area contributed by atoms with Crippen molar-refractivity contribution in [1.29, 1.82) is 0 Å². The molecule has 2 heterocycles. The van der Waals surface area contributed by atoms with Crippen molar-refractivity contribution < 1.29 is 17.9 Å². The van der Waals surface area contributed by atoms with Crippen LogP contribution in [0.2, 0.25) is 0 Å². The first-order chi connectivity index (χ1) is 11.6. The van der Waals surface area contributed by atoms with E-state index in [-0.39, 0.29) is 12.5 Å². The number of guanidine groups is 1. The molecule has 0 atom stereocenters. The Bertz CT molecular complexity index is 720. The Morgan fingerprint density at radius 3 is 2.88 bits per heavy atom. The van der Waals surface area contributed by atoms with Crippen molar-refractivity contribution in [3.8, 4) is 11.5 Å². The Hall–Kier alpha value is -2.00. The third-order valence-electron chi connectivity index (χ3n) is 3.98. The van der Waals surface area contributed by atoms with Crippen LogP contribution in [0.5, 0.6) is 11.5 Å². The van der Waals surface area contributed by atoms with Crippen LogP contribution in [-0.2, 0) is 16.6 Å². The van der Waals surface area contributed by atoms with E-state index < -0.39 is 10.0 Å². The molecule has 3 rings (SSSR count). The number of aliphatic imine (C=N–C) groups is 1. The van der Waals surface area contributed by atoms with Gasteiger partial charge in [-0.3, -0.25) is 4.99 Å². The van der Waals surface area contributed by atoms with Gasteiger partial charge in [-0.05, 0) is 24.1 Å². The van der Waals surface area contributed by atoms with E-state index in [9.17, 15) is 8.42 Å². The Kier molecular flexibility index (Phi) is 5.10. The maximum absolute atomic E-state index is 11.7. The fourth-order valence-corrected chi connectivity index (χ4v) is 4.23. The molecule has 2 aliphatic rings. The highest BCUT2D eigenvalue weighted by Crippen LogP contribution is 2.32. The lowest BCUT2D eigenvalue weighted by Gasteiger charge is -2.16. The Labute approximate surface area is 141 Å². The van der Waals surface area contributed by atoms with Gasteiger partial charge in [0.25, 0.3) is 0 Å². The molecule has 1 aromatic carbocycles. The Morgan fingerprint density at radius 2 is 2.12 bits per heavy atom. The summed E-state index contributed by atoms with van der Waals surface area (Å²) in [4.78, 5) is 4.15. The number of sulfonamides is 1. The molecule has 0 radical (unpaired) electrons. The number of benzene rings is 1. The second-order valence-corrected chi connectivity index (χ2v) is 7.70. The molecule has 1 fully saturated rings. The topological polar surface area (TPSA) is 92.3 Å². The molecule has 24 heavy (non-hydrogen) atoms. The number of fused-ring (bicyclic) bond motifs is 1. The summed E-state index contributed by atoms with van der Waals surface area (Å²) >= 11 is 0. The minimum atomic E-state index is -3.05. The van der Waals surface area contributed by atoms with Gasteiger partial charge in [-0.1, -0.05) is 6.07 Å². The molecule has 0 aliphatic carbocycles. The third kappa shape index (κ3) is 3.90. The molecule has 1 aromatic rings. The summed E-state index contributed by atoms with van der Waals surface area (Å²) in [7, 11) is -1.36. The summed E-state index contributed by atoms with van der Waals surface area (Å²) in [5.41, 5.74) is 1.05. The van der Waals surface area contributed by atoms with Crippen molar-refractivity contribution in [3.05, 3.63) is 23.8 Å². The number of nitrogens with zero attached hydrogens (tertiary/aromatic N) is 2. The number of hydrogen-bond donors (Lipinski definition) is 2. The van der Waals surface area contributed by atoms with Gasteiger partial charge in [-0.2, -0.15) is 0 Å². The molecule has 8 nitrogen and oxygen atoms in total. The standard InChI is InChI=1S/C15H22N4O4S/c1-16-15(17-5-7-19-6-2-8-24(19,20)21)18-10-12-3-4-13-14(9-12)23-11-22-13/h3-4,9H,2,5-8,10-11H2,1H3,(H2,16,17,18). The first kappa shape index (κ1) is 16.8. The molecule has 1 saturated heterocycles. The average molecular weight is 354 g/mol. The number of hydrogen-bond acceptors (Lipinski definition) is 5. The highest BCUT2D eigenvalue weighted by Gasteiger charge is 2.27. The molecule has 0 unspecified atom stereocenters. The molecular weight excluding hydrogens is 332 g/mol. The van der Waals surface area contributed by atoms with Crippen LogP contribution in [0.1, 0.15) is 12.0 Å². The van der Waals surface area contributed by atoms with Crippen molar-refractivity contribution in [2.24, 2.45) is 4.99 Å². The lowest BCUT2D eigenvalue weighted by Crippen LogP contribution is -2.41. The van der Waals surface area contributed by atoms with E-state index in [4.69, 9.17) is 9.47 Å². The molecule has 9 heteroatoms. The van der Waals surface area contributed by atoms with Crippen molar-refractivity contribution >= 4 is 16.0 Å². The predicted octanol–water partition coefficient (Wildman–Crippen LogP) is 0.116. The van der Waals surface area contributed by atoms with Crippen molar-refractivity contribution in [3.63, 3.8) is 0 Å². The van der Waals surface area contributed by atoms with Gasteiger partial charge in [0.15, 0.2) is 17.5 Å². The van der Waals surface area contributed by atoms with Crippen LogP contribution in [0.3, 0.4) is 0 Å². The van der Waals surface area contributed by atoms with E-state index in [2.05, 4.69) is 15.6 Å². The van der Waals surface area contributed by atoms with Crippen LogP contribution in [0.15, 0.2) is 23.2 Å². The second-order valence-electron chi connectivity index (χ2n) is 5.61. The summed E-state index contributed by atoms with van der Waals surface area (Å²) in [6, 6.07) is 5.78. The third-order valence-corrected chi connectivity index (χ3v) is 5.93. The lowest BCUT2D eigenvalue weighted by molar-refractivity contribution is 0.174. The molecule has 2 N–H and O–H groups in total. The molecule has 0 bridgehead atoms. The summed E-state index contributed by atoms with van der Waals surface area (Å²) < 4.78 is 35.6. The minimum Gasteiger partial charge on any atom is -0.454 e. The molecular formula is C15H22N4O4S. The maximum atomic E-state index is 11.7. The van der Waals surface area contributed by atoms with Crippen molar-refractivity contribution in [2.75, 3.05) is 39.2 Å². The molecule has 0 amide bonds. The maximum Gasteiger partial charge on any atom is 0.231 e. The van der Waals surface area contributed by atoms with Gasteiger partial charge in [0, 0.05) is 33.2 Å². The zero-order valence-electron chi connectivity index (χ0n) is 13.6. The summed E-state index contributed by atoms with van der Waals surface area (Å²) in [5.74, 6) is 2.39. The normalized spacial score (nSPS) is 19.5. The van der Waals surface area contributed by atoms with Crippen LogP contribution in [0.25, 0.3) is 0 Å². The monoisotopic (exact) mass is 354 g/mol. The van der Waals surface area contributed by atoms with Crippen molar-refractivity contribution in [1.82, 2.24) is 14.9 Å². The van der Waals surface area contributed by atoms with Crippen LogP contribution < -0.4 is 20.1 Å². The minimum absolute atomic E-state index is 0.254. The predicted molar refractivity (Wildman–Crippen MR) is 90.7 cm³/mol. The van der Waals surface area contributed by atoms with E-state index >= 15 is 0 Å². The number of rotatable bonds is 5. The van der Waals surface area contributed by atoms with Gasteiger partial charge in [0.05, 0.1) is 5.75 Å². The highest BCUT2D eigenvalue weighted by atomic mass is 32.2. The summed E-state index contributed by atoms with van der Waals surface area (Å²) in [6.07, 6.45) is 0.708. The van der Waals surface area contributed by atoms with Gasteiger partial charge in [-0.25, -0.2) is 12.7 Å². The molecule has 0 spiro atoms. The first-order valence-corrected chi connectivity index (χ1v) is 9.50. The SMILES string of the molecule is CN=C(NCCN1CCCS1(=O)=O)NCc1ccc2c(c1)OCO2. The van der Waals surface area contributed by atoms with E-state index in [0.29, 0.717) is 38.6 Å². The van der Waals surface area contributed by atoms with Crippen LogP contribution in [0.4, 0.5) is 0 Å². The van der Waals surface area contributed by atoms with E-state index in [1.54, 1.807) is 7.05 Å². The quantitative estimate of drug-likeness (QED) is 0.576. The summed E-state index contributed by atoms with van der Waals surface area (Å²) in [6.45, 7) is 2.41. The smallest absolute Gasteiger partial charge is 0.231 e. The molecule has 132 valence electrons. The molecule has 0 saturated carbocycles. The van der Waals surface area contributed by atoms with Gasteiger partial charge in [0.1, 0.15) is 0 Å². The number of nitrogens with one attached hydrogen (secondary N) is 2. The van der Waals surface area contributed by atoms with Crippen LogP contribution in [0, 0.1) is 0 Å². The van der Waals surface area contributed by atoms with E-state index in [0.717, 1.165) is 17.1 Å². The van der Waals surface area contributed by atoms with Crippen molar-refractivity contribution in [2.45, 2.75) is 13.0 Å². The van der Waals surface area contributed by atoms with Gasteiger partial charge >= 0.3 is 0 Å².